The molecule has 0 unspecified atom stereocenters. The Morgan fingerprint density at radius 1 is 1.44 bits per heavy atom. The van der Waals surface area contributed by atoms with Crippen molar-refractivity contribution in [3.63, 3.8) is 0 Å². The molecule has 8 heteroatoms. The van der Waals surface area contributed by atoms with Crippen molar-refractivity contribution in [3.05, 3.63) is 33.9 Å². The van der Waals surface area contributed by atoms with Crippen LogP contribution in [0.2, 0.25) is 0 Å². The van der Waals surface area contributed by atoms with Crippen molar-refractivity contribution in [3.8, 4) is 5.75 Å². The van der Waals surface area contributed by atoms with Crippen molar-refractivity contribution in [1.82, 2.24) is 0 Å². The fourth-order valence-electron chi connectivity index (χ4n) is 1.23. The van der Waals surface area contributed by atoms with Crippen LogP contribution in [0, 0.1) is 10.1 Å². The quantitative estimate of drug-likeness (QED) is 0.449. The molecule has 0 aliphatic carbocycles. The van der Waals surface area contributed by atoms with Crippen molar-refractivity contribution < 1.29 is 18.1 Å². The van der Waals surface area contributed by atoms with Crippen LogP contribution in [0.1, 0.15) is 5.56 Å². The zero-order valence-corrected chi connectivity index (χ0v) is 12.0. The van der Waals surface area contributed by atoms with Gasteiger partial charge in [0.05, 0.1) is 10.7 Å². The highest BCUT2D eigenvalue weighted by molar-refractivity contribution is 9.08. The number of sulfone groups is 1. The van der Waals surface area contributed by atoms with E-state index in [1.165, 1.54) is 18.2 Å². The molecule has 1 rings (SSSR count). The SMILES string of the molecule is CS(=O)(=O)CCOc1ccc([N+](=O)[O-])cc1CBr. The predicted octanol–water partition coefficient (Wildman–Crippen LogP) is 1.91. The maximum Gasteiger partial charge on any atom is 0.270 e. The van der Waals surface area contributed by atoms with Gasteiger partial charge in [0, 0.05) is 29.3 Å². The first-order valence-corrected chi connectivity index (χ1v) is 8.15. The summed E-state index contributed by atoms with van der Waals surface area (Å²) in [6.07, 6.45) is 1.12. The molecule has 18 heavy (non-hydrogen) atoms. The van der Waals surface area contributed by atoms with Crippen LogP contribution in [0.25, 0.3) is 0 Å². The first-order valence-electron chi connectivity index (χ1n) is 4.97. The number of non-ortho nitro benzene ring substituents is 1. The van der Waals surface area contributed by atoms with Gasteiger partial charge in [0.15, 0.2) is 9.84 Å². The Kier molecular flexibility index (Phi) is 5.09. The molecule has 0 atom stereocenters. The van der Waals surface area contributed by atoms with E-state index < -0.39 is 14.8 Å². The van der Waals surface area contributed by atoms with Gasteiger partial charge in [0.2, 0.25) is 0 Å². The topological polar surface area (TPSA) is 86.5 Å². The summed E-state index contributed by atoms with van der Waals surface area (Å²) in [5.74, 6) is 0.354. The average Bonchev–Trinajstić information content (AvgIpc) is 2.27. The number of rotatable bonds is 6. The van der Waals surface area contributed by atoms with Crippen molar-refractivity contribution in [1.29, 1.82) is 0 Å². The normalized spacial score (nSPS) is 11.2. The molecule has 1 aromatic rings. The summed E-state index contributed by atoms with van der Waals surface area (Å²) in [5, 5.41) is 11.0. The number of nitro groups is 1. The van der Waals surface area contributed by atoms with Crippen LogP contribution < -0.4 is 4.74 Å². The fraction of sp³-hybridized carbons (Fsp3) is 0.400. The smallest absolute Gasteiger partial charge is 0.270 e. The fourth-order valence-corrected chi connectivity index (χ4v) is 2.05. The van der Waals surface area contributed by atoms with Crippen molar-refractivity contribution in [2.75, 3.05) is 18.6 Å². The van der Waals surface area contributed by atoms with Gasteiger partial charge in [-0.1, -0.05) is 15.9 Å². The minimum atomic E-state index is -3.08. The van der Waals surface area contributed by atoms with Crippen LogP contribution in [0.4, 0.5) is 5.69 Å². The summed E-state index contributed by atoms with van der Waals surface area (Å²) in [4.78, 5) is 10.1. The van der Waals surface area contributed by atoms with Crippen LogP contribution >= 0.6 is 15.9 Å². The van der Waals surface area contributed by atoms with Gasteiger partial charge in [-0.15, -0.1) is 0 Å². The summed E-state index contributed by atoms with van der Waals surface area (Å²) in [7, 11) is -3.08. The van der Waals surface area contributed by atoms with Crippen LogP contribution in [0.15, 0.2) is 18.2 Å². The highest BCUT2D eigenvalue weighted by Crippen LogP contribution is 2.26. The zero-order chi connectivity index (χ0) is 13.8. The number of halogens is 1. The Balaban J connectivity index is 2.80. The lowest BCUT2D eigenvalue weighted by Crippen LogP contribution is -2.12. The monoisotopic (exact) mass is 337 g/mol. The second kappa shape index (κ2) is 6.14. The molecule has 0 radical (unpaired) electrons. The average molecular weight is 338 g/mol. The van der Waals surface area contributed by atoms with Gasteiger partial charge >= 0.3 is 0 Å². The highest BCUT2D eigenvalue weighted by Gasteiger charge is 2.11. The molecule has 6 nitrogen and oxygen atoms in total. The second-order valence-electron chi connectivity index (χ2n) is 3.66. The largest absolute Gasteiger partial charge is 0.492 e. The number of hydrogen-bond donors (Lipinski definition) is 0. The molecular weight excluding hydrogens is 326 g/mol. The summed E-state index contributed by atoms with van der Waals surface area (Å²) < 4.78 is 27.2. The van der Waals surface area contributed by atoms with E-state index in [4.69, 9.17) is 4.74 Å². The third-order valence-corrected chi connectivity index (χ3v) is 3.62. The van der Waals surface area contributed by atoms with E-state index in [0.717, 1.165) is 6.26 Å². The molecule has 0 aliphatic rings. The van der Waals surface area contributed by atoms with Gasteiger partial charge < -0.3 is 4.74 Å². The molecule has 0 amide bonds. The Morgan fingerprint density at radius 3 is 2.61 bits per heavy atom. The van der Waals surface area contributed by atoms with Crippen LogP contribution in [0.3, 0.4) is 0 Å². The molecule has 0 fully saturated rings. The van der Waals surface area contributed by atoms with Crippen LogP contribution in [0.5, 0.6) is 5.75 Å². The minimum absolute atomic E-state index is 0.0244. The molecule has 0 heterocycles. The van der Waals surface area contributed by atoms with Gasteiger partial charge in [-0.05, 0) is 6.07 Å². The van der Waals surface area contributed by atoms with Gasteiger partial charge in [-0.25, -0.2) is 8.42 Å². The van der Waals surface area contributed by atoms with Gasteiger partial charge in [0.25, 0.3) is 5.69 Å². The molecule has 0 saturated carbocycles. The van der Waals surface area contributed by atoms with E-state index in [-0.39, 0.29) is 18.0 Å². The molecule has 100 valence electrons. The minimum Gasteiger partial charge on any atom is -0.492 e. The lowest BCUT2D eigenvalue weighted by molar-refractivity contribution is -0.384. The Bertz CT molecular complexity index is 543. The summed E-state index contributed by atoms with van der Waals surface area (Å²) in [5.41, 5.74) is 0.581. The Morgan fingerprint density at radius 2 is 2.11 bits per heavy atom. The molecule has 0 aromatic heterocycles. The third-order valence-electron chi connectivity index (χ3n) is 2.11. The number of alkyl halides is 1. The van der Waals surface area contributed by atoms with Gasteiger partial charge in [-0.3, -0.25) is 10.1 Å². The first-order chi connectivity index (χ1) is 8.33. The number of hydrogen-bond acceptors (Lipinski definition) is 5. The van der Waals surface area contributed by atoms with E-state index >= 15 is 0 Å². The zero-order valence-electron chi connectivity index (χ0n) is 9.63. The van der Waals surface area contributed by atoms with E-state index in [1.54, 1.807) is 0 Å². The third kappa shape index (κ3) is 4.61. The number of nitrogens with zero attached hydrogens (tertiary/aromatic N) is 1. The molecule has 0 N–H and O–H groups in total. The highest BCUT2D eigenvalue weighted by atomic mass is 79.9. The van der Waals surface area contributed by atoms with Crippen LogP contribution in [-0.2, 0) is 15.2 Å². The maximum atomic E-state index is 10.9. The summed E-state index contributed by atoms with van der Waals surface area (Å²) >= 11 is 3.20. The van der Waals surface area contributed by atoms with Crippen molar-refractivity contribution in [2.24, 2.45) is 0 Å². The maximum absolute atomic E-state index is 10.9. The predicted molar refractivity (Wildman–Crippen MR) is 70.9 cm³/mol. The van der Waals surface area contributed by atoms with Crippen molar-refractivity contribution >= 4 is 31.5 Å². The van der Waals surface area contributed by atoms with Crippen molar-refractivity contribution in [2.45, 2.75) is 5.33 Å². The number of nitro benzene ring substituents is 1. The van der Waals surface area contributed by atoms with Gasteiger partial charge in [-0.2, -0.15) is 0 Å². The molecule has 0 saturated heterocycles. The van der Waals surface area contributed by atoms with E-state index in [9.17, 15) is 18.5 Å². The molecule has 0 bridgehead atoms. The summed E-state index contributed by atoms with van der Waals surface area (Å²) in [6.45, 7) is 0.0244. The lowest BCUT2D eigenvalue weighted by Gasteiger charge is -2.09. The summed E-state index contributed by atoms with van der Waals surface area (Å²) in [6, 6.07) is 4.18. The molecular formula is C10H12BrNO5S. The molecule has 1 aromatic carbocycles. The molecule has 0 aliphatic heterocycles. The Labute approximate surface area is 113 Å². The number of benzene rings is 1. The second-order valence-corrected chi connectivity index (χ2v) is 6.48. The molecule has 0 spiro atoms. The lowest BCUT2D eigenvalue weighted by atomic mass is 10.2. The van der Waals surface area contributed by atoms with E-state index in [1.807, 2.05) is 0 Å². The van der Waals surface area contributed by atoms with E-state index in [0.29, 0.717) is 16.6 Å². The van der Waals surface area contributed by atoms with Crippen LogP contribution in [-0.4, -0.2) is 32.0 Å². The Hall–Kier alpha value is -1.15. The number of ether oxygens (including phenoxy) is 1. The first kappa shape index (κ1) is 14.9. The standard InChI is InChI=1S/C10H12BrNO5S/c1-18(15,16)5-4-17-10-3-2-9(12(13)14)6-8(10)7-11/h2-3,6H,4-5,7H2,1H3. The van der Waals surface area contributed by atoms with Gasteiger partial charge in [0.1, 0.15) is 12.4 Å². The van der Waals surface area contributed by atoms with E-state index in [2.05, 4.69) is 15.9 Å².